The number of nitrogens with zero attached hydrogens (tertiary/aromatic N) is 1. The molecule has 0 spiro atoms. The first kappa shape index (κ1) is 22.0. The Labute approximate surface area is 188 Å². The highest BCUT2D eigenvalue weighted by Gasteiger charge is 2.31. The van der Waals surface area contributed by atoms with Gasteiger partial charge in [-0.3, -0.25) is 15.2 Å². The maximum atomic E-state index is 12.3. The van der Waals surface area contributed by atoms with E-state index in [4.69, 9.17) is 9.84 Å². The van der Waals surface area contributed by atoms with E-state index >= 15 is 0 Å². The molecular weight excluding hydrogens is 428 g/mol. The summed E-state index contributed by atoms with van der Waals surface area (Å²) in [6.45, 7) is 0.684. The maximum Gasteiger partial charge on any atom is 0.412 e. The van der Waals surface area contributed by atoms with Gasteiger partial charge < -0.3 is 20.3 Å². The van der Waals surface area contributed by atoms with Gasteiger partial charge in [-0.15, -0.1) is 0 Å². The molecule has 2 amide bonds. The summed E-state index contributed by atoms with van der Waals surface area (Å²) in [4.78, 5) is 35.3. The number of H-pyrrole nitrogens is 1. The van der Waals surface area contributed by atoms with Gasteiger partial charge in [-0.1, -0.05) is 48.5 Å². The SMILES string of the molecule is CC(O)(CNC(=O)c1cc(NC(=O)OCC2c3ccccc3-c3ccccc32)n[nH]1)C(=O)O. The minimum atomic E-state index is -2.11. The highest BCUT2D eigenvalue weighted by Crippen LogP contribution is 2.44. The van der Waals surface area contributed by atoms with Crippen LogP contribution in [0.15, 0.2) is 54.6 Å². The molecule has 5 N–H and O–H groups in total. The second-order valence-corrected chi connectivity index (χ2v) is 7.88. The number of anilines is 1. The molecule has 1 aliphatic rings. The van der Waals surface area contributed by atoms with Crippen molar-refractivity contribution in [1.82, 2.24) is 15.5 Å². The number of hydrogen-bond donors (Lipinski definition) is 5. The van der Waals surface area contributed by atoms with Crippen LogP contribution < -0.4 is 10.6 Å². The largest absolute Gasteiger partial charge is 0.479 e. The van der Waals surface area contributed by atoms with Gasteiger partial charge in [-0.05, 0) is 29.2 Å². The molecule has 1 aliphatic carbocycles. The first-order chi connectivity index (χ1) is 15.8. The molecule has 33 heavy (non-hydrogen) atoms. The van der Waals surface area contributed by atoms with Crippen molar-refractivity contribution in [2.75, 3.05) is 18.5 Å². The van der Waals surface area contributed by atoms with Crippen LogP contribution in [0, 0.1) is 0 Å². The quantitative estimate of drug-likeness (QED) is 0.370. The highest BCUT2D eigenvalue weighted by molar-refractivity contribution is 5.94. The Morgan fingerprint density at radius 2 is 1.70 bits per heavy atom. The number of carboxylic acids is 1. The molecule has 1 atom stereocenters. The summed E-state index contributed by atoms with van der Waals surface area (Å²) in [6, 6.07) is 17.2. The number of carbonyl (C=O) groups excluding carboxylic acids is 2. The number of aliphatic hydroxyl groups is 1. The van der Waals surface area contributed by atoms with Crippen molar-refractivity contribution in [3.8, 4) is 11.1 Å². The van der Waals surface area contributed by atoms with E-state index in [9.17, 15) is 19.5 Å². The van der Waals surface area contributed by atoms with Gasteiger partial charge in [-0.25, -0.2) is 9.59 Å². The van der Waals surface area contributed by atoms with E-state index in [-0.39, 0.29) is 24.0 Å². The molecule has 2 aromatic carbocycles. The van der Waals surface area contributed by atoms with Crippen molar-refractivity contribution < 1.29 is 29.3 Å². The number of aliphatic carboxylic acids is 1. The summed E-state index contributed by atoms with van der Waals surface area (Å²) < 4.78 is 5.43. The van der Waals surface area contributed by atoms with Gasteiger partial charge in [0, 0.05) is 12.0 Å². The molecule has 1 heterocycles. The Balaban J connectivity index is 1.35. The third kappa shape index (κ3) is 4.55. The summed E-state index contributed by atoms with van der Waals surface area (Å²) in [5.41, 5.74) is 2.27. The van der Waals surface area contributed by atoms with Crippen LogP contribution in [0.3, 0.4) is 0 Å². The van der Waals surface area contributed by atoms with E-state index in [0.29, 0.717) is 0 Å². The van der Waals surface area contributed by atoms with Crippen LogP contribution in [0.5, 0.6) is 0 Å². The van der Waals surface area contributed by atoms with Gasteiger partial charge in [0.2, 0.25) is 0 Å². The van der Waals surface area contributed by atoms with Crippen LogP contribution in [0.25, 0.3) is 11.1 Å². The number of amides is 2. The fourth-order valence-electron chi connectivity index (χ4n) is 3.66. The Morgan fingerprint density at radius 1 is 1.09 bits per heavy atom. The molecule has 10 heteroatoms. The minimum absolute atomic E-state index is 0.0230. The average Bonchev–Trinajstić information content (AvgIpc) is 3.39. The number of rotatable bonds is 7. The fourth-order valence-corrected chi connectivity index (χ4v) is 3.66. The Morgan fingerprint density at radius 3 is 2.30 bits per heavy atom. The molecule has 0 aliphatic heterocycles. The molecular formula is C23H22N4O6. The number of aromatic nitrogens is 2. The number of aromatic amines is 1. The average molecular weight is 450 g/mol. The van der Waals surface area contributed by atoms with E-state index in [0.717, 1.165) is 29.2 Å². The van der Waals surface area contributed by atoms with E-state index in [1.54, 1.807) is 0 Å². The number of fused-ring (bicyclic) bond motifs is 3. The number of benzene rings is 2. The lowest BCUT2D eigenvalue weighted by molar-refractivity contribution is -0.155. The monoisotopic (exact) mass is 450 g/mol. The predicted octanol–water partition coefficient (Wildman–Crippen LogP) is 2.34. The predicted molar refractivity (Wildman–Crippen MR) is 118 cm³/mol. The molecule has 170 valence electrons. The van der Waals surface area contributed by atoms with E-state index in [2.05, 4.69) is 20.8 Å². The zero-order chi connectivity index (χ0) is 23.6. The molecule has 10 nitrogen and oxygen atoms in total. The van der Waals surface area contributed by atoms with Gasteiger partial charge in [-0.2, -0.15) is 5.10 Å². The third-order valence-corrected chi connectivity index (χ3v) is 5.45. The van der Waals surface area contributed by atoms with Crippen molar-refractivity contribution in [2.45, 2.75) is 18.4 Å². The molecule has 0 radical (unpaired) electrons. The van der Waals surface area contributed by atoms with Crippen LogP contribution in [0.1, 0.15) is 34.5 Å². The topological polar surface area (TPSA) is 154 Å². The fraction of sp³-hybridized carbons (Fsp3) is 0.217. The number of nitrogens with one attached hydrogen (secondary N) is 3. The van der Waals surface area contributed by atoms with Crippen molar-refractivity contribution >= 4 is 23.8 Å². The second-order valence-electron chi connectivity index (χ2n) is 7.88. The van der Waals surface area contributed by atoms with Crippen LogP contribution in [0.2, 0.25) is 0 Å². The number of carbonyl (C=O) groups is 3. The standard InChI is InChI=1S/C23H22N4O6/c1-23(32,21(29)30)12-24-20(28)18-10-19(27-26-18)25-22(31)33-11-17-15-8-4-2-6-13(15)14-7-3-5-9-16(14)17/h2-10,17,32H,11-12H2,1H3,(H,24,28)(H,29,30)(H2,25,26,27,31). The van der Waals surface area contributed by atoms with Gasteiger partial charge >= 0.3 is 12.1 Å². The van der Waals surface area contributed by atoms with Crippen molar-refractivity contribution in [2.24, 2.45) is 0 Å². The number of hydrogen-bond acceptors (Lipinski definition) is 6. The summed E-state index contributed by atoms with van der Waals surface area (Å²) in [6.07, 6.45) is -0.732. The number of ether oxygens (including phenoxy) is 1. The van der Waals surface area contributed by atoms with Gasteiger partial charge in [0.15, 0.2) is 11.4 Å². The van der Waals surface area contributed by atoms with Crippen LogP contribution in [0.4, 0.5) is 10.6 Å². The van der Waals surface area contributed by atoms with Crippen LogP contribution in [-0.2, 0) is 9.53 Å². The first-order valence-electron chi connectivity index (χ1n) is 10.2. The van der Waals surface area contributed by atoms with E-state index < -0.39 is 30.1 Å². The van der Waals surface area contributed by atoms with Gasteiger partial charge in [0.05, 0.1) is 6.54 Å². The molecule has 0 bridgehead atoms. The van der Waals surface area contributed by atoms with Crippen LogP contribution >= 0.6 is 0 Å². The molecule has 0 fully saturated rings. The van der Waals surface area contributed by atoms with E-state index in [1.165, 1.54) is 6.07 Å². The molecule has 1 aromatic heterocycles. The lowest BCUT2D eigenvalue weighted by atomic mass is 9.98. The van der Waals surface area contributed by atoms with Crippen molar-refractivity contribution in [1.29, 1.82) is 0 Å². The summed E-state index contributed by atoms with van der Waals surface area (Å²) in [5, 5.41) is 29.6. The highest BCUT2D eigenvalue weighted by atomic mass is 16.5. The second kappa shape index (κ2) is 8.75. The van der Waals surface area contributed by atoms with Gasteiger partial charge in [0.25, 0.3) is 5.91 Å². The maximum absolute atomic E-state index is 12.3. The number of carboxylic acid groups (broad SMARTS) is 1. The summed E-state index contributed by atoms with van der Waals surface area (Å²) in [7, 11) is 0. The molecule has 0 saturated carbocycles. The first-order valence-corrected chi connectivity index (χ1v) is 10.2. The Bertz CT molecular complexity index is 1170. The molecule has 1 unspecified atom stereocenters. The van der Waals surface area contributed by atoms with Gasteiger partial charge in [0.1, 0.15) is 12.3 Å². The Kier molecular flexibility index (Phi) is 5.84. The Hall–Kier alpha value is -4.18. The van der Waals surface area contributed by atoms with Crippen molar-refractivity contribution in [3.05, 3.63) is 71.4 Å². The lowest BCUT2D eigenvalue weighted by Gasteiger charge is -2.17. The lowest BCUT2D eigenvalue weighted by Crippen LogP contribution is -2.46. The molecule has 3 aromatic rings. The van der Waals surface area contributed by atoms with Crippen LogP contribution in [-0.4, -0.2) is 57.1 Å². The van der Waals surface area contributed by atoms with E-state index in [1.807, 2.05) is 48.5 Å². The third-order valence-electron chi connectivity index (χ3n) is 5.45. The zero-order valence-corrected chi connectivity index (χ0v) is 17.7. The molecule has 4 rings (SSSR count). The van der Waals surface area contributed by atoms with Crippen molar-refractivity contribution in [3.63, 3.8) is 0 Å². The normalized spacial score (nSPS) is 14.0. The smallest absolute Gasteiger partial charge is 0.412 e. The summed E-state index contributed by atoms with van der Waals surface area (Å²) in [5.74, 6) is -2.19. The molecule has 0 saturated heterocycles. The minimum Gasteiger partial charge on any atom is -0.479 e. The zero-order valence-electron chi connectivity index (χ0n) is 17.7. The summed E-state index contributed by atoms with van der Waals surface area (Å²) >= 11 is 0.